The van der Waals surface area contributed by atoms with Gasteiger partial charge < -0.3 is 5.32 Å². The Morgan fingerprint density at radius 1 is 1.40 bits per heavy atom. The van der Waals surface area contributed by atoms with E-state index in [1.54, 1.807) is 0 Å². The van der Waals surface area contributed by atoms with Crippen LogP contribution < -0.4 is 5.32 Å². The Hall–Kier alpha value is -0.530. The van der Waals surface area contributed by atoms with Gasteiger partial charge in [-0.05, 0) is 50.4 Å². The first kappa shape index (κ1) is 12.5. The van der Waals surface area contributed by atoms with Gasteiger partial charge in [0.1, 0.15) is 0 Å². The van der Waals surface area contributed by atoms with Gasteiger partial charge in [0.05, 0.1) is 0 Å². The summed E-state index contributed by atoms with van der Waals surface area (Å²) in [5.74, 6) is 0. The highest BCUT2D eigenvalue weighted by Crippen LogP contribution is 2.13. The highest BCUT2D eigenvalue weighted by Gasteiger charge is 2.02. The summed E-state index contributed by atoms with van der Waals surface area (Å²) in [7, 11) is 2.04. The number of hydrogen-bond donors (Lipinski definition) is 1. The Balaban J connectivity index is 2.31. The van der Waals surface area contributed by atoms with Crippen molar-refractivity contribution in [1.29, 1.82) is 0 Å². The van der Waals surface area contributed by atoms with Crippen LogP contribution in [-0.4, -0.2) is 13.1 Å². The van der Waals surface area contributed by atoms with Crippen LogP contribution in [-0.2, 0) is 6.42 Å². The van der Waals surface area contributed by atoms with Crippen molar-refractivity contribution in [2.75, 3.05) is 7.05 Å². The third kappa shape index (κ3) is 4.67. The van der Waals surface area contributed by atoms with Crippen molar-refractivity contribution in [3.63, 3.8) is 0 Å². The molecular weight excluding hydrogens is 206 g/mol. The van der Waals surface area contributed by atoms with Gasteiger partial charge in [-0.2, -0.15) is 0 Å². The van der Waals surface area contributed by atoms with Gasteiger partial charge in [0.25, 0.3) is 0 Å². The van der Waals surface area contributed by atoms with E-state index in [-0.39, 0.29) is 0 Å². The van der Waals surface area contributed by atoms with Gasteiger partial charge in [0.2, 0.25) is 0 Å². The van der Waals surface area contributed by atoms with Crippen molar-refractivity contribution in [2.24, 2.45) is 0 Å². The molecule has 0 spiro atoms. The van der Waals surface area contributed by atoms with E-state index in [2.05, 4.69) is 24.4 Å². The van der Waals surface area contributed by atoms with E-state index >= 15 is 0 Å². The first-order valence-corrected chi connectivity index (χ1v) is 6.05. The molecule has 0 aliphatic carbocycles. The highest BCUT2D eigenvalue weighted by molar-refractivity contribution is 6.30. The van der Waals surface area contributed by atoms with Crippen molar-refractivity contribution in [2.45, 2.75) is 38.6 Å². The largest absolute Gasteiger partial charge is 0.317 e. The molecular formula is C13H20ClN. The molecule has 0 amide bonds. The minimum atomic E-state index is 0.657. The summed E-state index contributed by atoms with van der Waals surface area (Å²) in [6, 6.07) is 8.80. The molecule has 1 aromatic carbocycles. The number of hydrogen-bond acceptors (Lipinski definition) is 1. The Labute approximate surface area is 97.8 Å². The smallest absolute Gasteiger partial charge is 0.0408 e. The first-order chi connectivity index (χ1) is 7.26. The molecule has 84 valence electrons. The zero-order valence-electron chi connectivity index (χ0n) is 9.59. The number of nitrogens with one attached hydrogen (secondary N) is 1. The lowest BCUT2D eigenvalue weighted by molar-refractivity contribution is 0.492. The minimum absolute atomic E-state index is 0.657. The van der Waals surface area contributed by atoms with Crippen molar-refractivity contribution in [3.8, 4) is 0 Å². The fraction of sp³-hybridized carbons (Fsp3) is 0.538. The average Bonchev–Trinajstić information content (AvgIpc) is 2.25. The van der Waals surface area contributed by atoms with E-state index in [4.69, 9.17) is 11.6 Å². The highest BCUT2D eigenvalue weighted by atomic mass is 35.5. The van der Waals surface area contributed by atoms with Crippen LogP contribution in [0.4, 0.5) is 0 Å². The molecule has 1 atom stereocenters. The molecule has 0 aliphatic heterocycles. The molecule has 0 fully saturated rings. The van der Waals surface area contributed by atoms with E-state index in [0.717, 1.165) is 11.4 Å². The van der Waals surface area contributed by atoms with Crippen LogP contribution in [0, 0.1) is 0 Å². The van der Waals surface area contributed by atoms with E-state index in [1.807, 2.05) is 19.2 Å². The maximum Gasteiger partial charge on any atom is 0.0408 e. The molecule has 0 radical (unpaired) electrons. The van der Waals surface area contributed by atoms with Crippen molar-refractivity contribution >= 4 is 11.6 Å². The van der Waals surface area contributed by atoms with Crippen LogP contribution in [0.25, 0.3) is 0 Å². The fourth-order valence-electron chi connectivity index (χ4n) is 1.80. The molecule has 2 heteroatoms. The van der Waals surface area contributed by atoms with Crippen molar-refractivity contribution in [1.82, 2.24) is 5.32 Å². The summed E-state index contributed by atoms with van der Waals surface area (Å²) in [4.78, 5) is 0. The summed E-state index contributed by atoms with van der Waals surface area (Å²) in [5.41, 5.74) is 1.34. The maximum absolute atomic E-state index is 5.93. The van der Waals surface area contributed by atoms with Gasteiger partial charge >= 0.3 is 0 Å². The maximum atomic E-state index is 5.93. The topological polar surface area (TPSA) is 12.0 Å². The molecule has 1 aromatic rings. The fourth-order valence-corrected chi connectivity index (χ4v) is 2.01. The molecule has 15 heavy (non-hydrogen) atoms. The second-order valence-electron chi connectivity index (χ2n) is 3.92. The second kappa shape index (κ2) is 6.86. The molecule has 1 unspecified atom stereocenters. The van der Waals surface area contributed by atoms with E-state index in [9.17, 15) is 0 Å². The number of benzene rings is 1. The Kier molecular flexibility index (Phi) is 5.74. The van der Waals surface area contributed by atoms with Crippen LogP contribution in [0.3, 0.4) is 0 Å². The van der Waals surface area contributed by atoms with E-state index in [1.165, 1.54) is 24.8 Å². The summed E-state index contributed by atoms with van der Waals surface area (Å²) in [6.07, 6.45) is 4.78. The molecule has 1 N–H and O–H groups in total. The van der Waals surface area contributed by atoms with Gasteiger partial charge in [-0.25, -0.2) is 0 Å². The van der Waals surface area contributed by atoms with Gasteiger partial charge in [0, 0.05) is 11.1 Å². The molecule has 1 rings (SSSR count). The van der Waals surface area contributed by atoms with Gasteiger partial charge in [-0.1, -0.05) is 30.7 Å². The molecule has 0 aromatic heterocycles. The Morgan fingerprint density at radius 2 is 2.20 bits per heavy atom. The van der Waals surface area contributed by atoms with Crippen molar-refractivity contribution < 1.29 is 0 Å². The van der Waals surface area contributed by atoms with E-state index in [0.29, 0.717) is 6.04 Å². The predicted octanol–water partition coefficient (Wildman–Crippen LogP) is 3.66. The standard InChI is InChI=1S/C13H20ClN/c1-3-13(15-2)9-5-7-11-6-4-8-12(14)10-11/h4,6,8,10,13,15H,3,5,7,9H2,1-2H3. The first-order valence-electron chi connectivity index (χ1n) is 5.68. The van der Waals surface area contributed by atoms with E-state index < -0.39 is 0 Å². The lowest BCUT2D eigenvalue weighted by Gasteiger charge is -2.13. The van der Waals surface area contributed by atoms with Crippen LogP contribution in [0.15, 0.2) is 24.3 Å². The zero-order chi connectivity index (χ0) is 11.1. The molecule has 0 saturated carbocycles. The number of aryl methyl sites for hydroxylation is 1. The lowest BCUT2D eigenvalue weighted by atomic mass is 10.0. The minimum Gasteiger partial charge on any atom is -0.317 e. The SMILES string of the molecule is CCC(CCCc1cccc(Cl)c1)NC. The molecule has 0 aliphatic rings. The monoisotopic (exact) mass is 225 g/mol. The van der Waals surface area contributed by atoms with Crippen molar-refractivity contribution in [3.05, 3.63) is 34.9 Å². The Bertz CT molecular complexity index is 282. The zero-order valence-corrected chi connectivity index (χ0v) is 10.3. The van der Waals surface area contributed by atoms with Crippen LogP contribution >= 0.6 is 11.6 Å². The summed E-state index contributed by atoms with van der Waals surface area (Å²) in [6.45, 7) is 2.22. The van der Waals surface area contributed by atoms with Crippen LogP contribution in [0.2, 0.25) is 5.02 Å². The third-order valence-corrected chi connectivity index (χ3v) is 3.04. The normalized spacial score (nSPS) is 12.7. The number of rotatable bonds is 6. The van der Waals surface area contributed by atoms with Crippen LogP contribution in [0.1, 0.15) is 31.7 Å². The van der Waals surface area contributed by atoms with Crippen LogP contribution in [0.5, 0.6) is 0 Å². The summed E-state index contributed by atoms with van der Waals surface area (Å²) in [5, 5.41) is 4.16. The molecule has 0 heterocycles. The molecule has 1 nitrogen and oxygen atoms in total. The number of halogens is 1. The van der Waals surface area contributed by atoms with Gasteiger partial charge in [0.15, 0.2) is 0 Å². The lowest BCUT2D eigenvalue weighted by Crippen LogP contribution is -2.23. The average molecular weight is 226 g/mol. The molecule has 0 bridgehead atoms. The quantitative estimate of drug-likeness (QED) is 0.779. The predicted molar refractivity (Wildman–Crippen MR) is 67.5 cm³/mol. The third-order valence-electron chi connectivity index (χ3n) is 2.81. The summed E-state index contributed by atoms with van der Waals surface area (Å²) < 4.78 is 0. The van der Waals surface area contributed by atoms with Gasteiger partial charge in [-0.3, -0.25) is 0 Å². The molecule has 0 saturated heterocycles. The summed E-state index contributed by atoms with van der Waals surface area (Å²) >= 11 is 5.93. The Morgan fingerprint density at radius 3 is 2.80 bits per heavy atom. The van der Waals surface area contributed by atoms with Gasteiger partial charge in [-0.15, -0.1) is 0 Å². The second-order valence-corrected chi connectivity index (χ2v) is 4.35.